The minimum atomic E-state index is -0.445. The lowest BCUT2D eigenvalue weighted by atomic mass is 10.1. The molecule has 0 spiro atoms. The number of nitrogens with one attached hydrogen (secondary N) is 2. The summed E-state index contributed by atoms with van der Waals surface area (Å²) in [6.07, 6.45) is 3.13. The van der Waals surface area contributed by atoms with Crippen LogP contribution < -0.4 is 15.4 Å². The largest absolute Gasteiger partial charge is 0.427 e. The molecule has 0 atom stereocenters. The molecule has 0 saturated heterocycles. The molecule has 0 radical (unpaired) electrons. The molecule has 0 aliphatic heterocycles. The number of hydrogen-bond donors (Lipinski definition) is 2. The van der Waals surface area contributed by atoms with Crippen LogP contribution in [0.5, 0.6) is 5.75 Å². The van der Waals surface area contributed by atoms with Gasteiger partial charge in [-0.25, -0.2) is 0 Å². The molecule has 2 rings (SSSR count). The van der Waals surface area contributed by atoms with Crippen LogP contribution in [0.3, 0.4) is 0 Å². The summed E-state index contributed by atoms with van der Waals surface area (Å²) in [5, 5.41) is 5.53. The Labute approximate surface area is 151 Å². The quantitative estimate of drug-likeness (QED) is 0.475. The van der Waals surface area contributed by atoms with Crippen molar-refractivity contribution in [1.29, 1.82) is 0 Å². The average molecular weight is 352 g/mol. The molecule has 2 N–H and O–H groups in total. The monoisotopic (exact) mass is 352 g/mol. The van der Waals surface area contributed by atoms with Crippen molar-refractivity contribution in [3.8, 4) is 5.75 Å². The summed E-state index contributed by atoms with van der Waals surface area (Å²) in [7, 11) is 0. The summed E-state index contributed by atoms with van der Waals surface area (Å²) in [6, 6.07) is 13.5. The maximum Gasteiger partial charge on any atom is 0.308 e. The number of rotatable bonds is 6. The first kappa shape index (κ1) is 18.9. The molecule has 0 heterocycles. The highest BCUT2D eigenvalue weighted by Gasteiger charge is 2.08. The molecule has 6 heteroatoms. The van der Waals surface area contributed by atoms with Gasteiger partial charge in [0, 0.05) is 24.7 Å². The van der Waals surface area contributed by atoms with E-state index in [1.807, 2.05) is 12.1 Å². The van der Waals surface area contributed by atoms with E-state index in [2.05, 4.69) is 10.6 Å². The smallest absolute Gasteiger partial charge is 0.308 e. The Morgan fingerprint density at radius 3 is 2.46 bits per heavy atom. The summed E-state index contributed by atoms with van der Waals surface area (Å²) in [5.74, 6) is -0.595. The summed E-state index contributed by atoms with van der Waals surface area (Å²) in [5.41, 5.74) is 1.92. The van der Waals surface area contributed by atoms with Gasteiger partial charge in [-0.3, -0.25) is 14.4 Å². The third-order valence-corrected chi connectivity index (χ3v) is 3.35. The zero-order valence-corrected chi connectivity index (χ0v) is 14.6. The molecule has 2 amide bonds. The number of ether oxygens (including phenoxy) is 1. The van der Waals surface area contributed by atoms with E-state index in [4.69, 9.17) is 4.74 Å². The predicted molar refractivity (Wildman–Crippen MR) is 98.8 cm³/mol. The molecule has 2 aromatic carbocycles. The van der Waals surface area contributed by atoms with Crippen LogP contribution in [0.4, 0.5) is 5.69 Å². The molecular formula is C20H20N2O4. The zero-order chi connectivity index (χ0) is 18.9. The van der Waals surface area contributed by atoms with Gasteiger partial charge < -0.3 is 15.4 Å². The number of amides is 2. The van der Waals surface area contributed by atoms with Gasteiger partial charge in [0.05, 0.1) is 0 Å². The molecule has 2 aromatic rings. The normalized spacial score (nSPS) is 10.4. The van der Waals surface area contributed by atoms with Crippen molar-refractivity contribution in [3.05, 3.63) is 71.8 Å². The lowest BCUT2D eigenvalue weighted by molar-refractivity contribution is -0.131. The molecule has 134 valence electrons. The molecule has 0 aromatic heterocycles. The van der Waals surface area contributed by atoms with Gasteiger partial charge in [-0.05, 0) is 48.9 Å². The standard InChI is InChI=1S/C20H20N2O4/c1-3-5-19(24)21-13-15-8-10-17(11-9-15)22-20(25)16-6-4-7-18(12-16)26-14(2)23/h3-12H,13H2,1-2H3,(H,21,24)(H,22,25)/b5-3+. The van der Waals surface area contributed by atoms with E-state index in [0.717, 1.165) is 5.56 Å². The minimum absolute atomic E-state index is 0.155. The highest BCUT2D eigenvalue weighted by Crippen LogP contribution is 2.16. The Balaban J connectivity index is 1.97. The summed E-state index contributed by atoms with van der Waals surface area (Å²) in [6.45, 7) is 3.48. The molecule has 0 aliphatic rings. The highest BCUT2D eigenvalue weighted by molar-refractivity contribution is 6.04. The van der Waals surface area contributed by atoms with E-state index in [1.54, 1.807) is 43.3 Å². The van der Waals surface area contributed by atoms with E-state index >= 15 is 0 Å². The fourth-order valence-corrected chi connectivity index (χ4v) is 2.18. The van der Waals surface area contributed by atoms with Gasteiger partial charge in [-0.1, -0.05) is 24.3 Å². The fourth-order valence-electron chi connectivity index (χ4n) is 2.18. The molecule has 0 fully saturated rings. The van der Waals surface area contributed by atoms with Crippen molar-refractivity contribution in [1.82, 2.24) is 5.32 Å². The van der Waals surface area contributed by atoms with Crippen LogP contribution in [0.2, 0.25) is 0 Å². The predicted octanol–water partition coefficient (Wildman–Crippen LogP) is 3.06. The van der Waals surface area contributed by atoms with Gasteiger partial charge in [0.1, 0.15) is 5.75 Å². The van der Waals surface area contributed by atoms with Crippen LogP contribution in [0.1, 0.15) is 29.8 Å². The molecule has 6 nitrogen and oxygen atoms in total. The third kappa shape index (κ3) is 5.90. The van der Waals surface area contributed by atoms with Gasteiger partial charge in [0.25, 0.3) is 5.91 Å². The maximum atomic E-state index is 12.3. The summed E-state index contributed by atoms with van der Waals surface area (Å²) >= 11 is 0. The second kappa shape index (κ2) is 9.17. The Morgan fingerprint density at radius 1 is 1.08 bits per heavy atom. The van der Waals surface area contributed by atoms with Crippen molar-refractivity contribution in [2.75, 3.05) is 5.32 Å². The number of anilines is 1. The zero-order valence-electron chi connectivity index (χ0n) is 14.6. The van der Waals surface area contributed by atoms with Crippen LogP contribution in [0.15, 0.2) is 60.7 Å². The Kier molecular flexibility index (Phi) is 6.68. The van der Waals surface area contributed by atoms with Crippen LogP contribution in [-0.4, -0.2) is 17.8 Å². The van der Waals surface area contributed by atoms with Crippen molar-refractivity contribution in [3.63, 3.8) is 0 Å². The third-order valence-electron chi connectivity index (χ3n) is 3.35. The molecule has 0 saturated carbocycles. The molecule has 0 bridgehead atoms. The molecular weight excluding hydrogens is 332 g/mol. The number of hydrogen-bond acceptors (Lipinski definition) is 4. The van der Waals surface area contributed by atoms with E-state index in [-0.39, 0.29) is 11.8 Å². The number of esters is 1. The second-order valence-corrected chi connectivity index (χ2v) is 5.49. The number of benzene rings is 2. The first-order valence-corrected chi connectivity index (χ1v) is 8.07. The van der Waals surface area contributed by atoms with E-state index in [0.29, 0.717) is 23.5 Å². The lowest BCUT2D eigenvalue weighted by Gasteiger charge is -2.08. The van der Waals surface area contributed by atoms with Crippen molar-refractivity contribution in [2.24, 2.45) is 0 Å². The van der Waals surface area contributed by atoms with Crippen LogP contribution in [0.25, 0.3) is 0 Å². The minimum Gasteiger partial charge on any atom is -0.427 e. The van der Waals surface area contributed by atoms with Crippen molar-refractivity contribution < 1.29 is 19.1 Å². The number of carbonyl (C=O) groups is 3. The van der Waals surface area contributed by atoms with Crippen molar-refractivity contribution >= 4 is 23.5 Å². The van der Waals surface area contributed by atoms with Gasteiger partial charge in [-0.2, -0.15) is 0 Å². The Hall–Kier alpha value is -3.41. The second-order valence-electron chi connectivity index (χ2n) is 5.49. The molecule has 26 heavy (non-hydrogen) atoms. The van der Waals surface area contributed by atoms with Gasteiger partial charge in [0.15, 0.2) is 0 Å². The van der Waals surface area contributed by atoms with Gasteiger partial charge in [0.2, 0.25) is 5.91 Å². The maximum absolute atomic E-state index is 12.3. The number of allylic oxidation sites excluding steroid dienone is 1. The SMILES string of the molecule is C/C=C/C(=O)NCc1ccc(NC(=O)c2cccc(OC(C)=O)c2)cc1. The van der Waals surface area contributed by atoms with Gasteiger partial charge >= 0.3 is 5.97 Å². The first-order valence-electron chi connectivity index (χ1n) is 8.07. The average Bonchev–Trinajstić information content (AvgIpc) is 2.61. The summed E-state index contributed by atoms with van der Waals surface area (Å²) < 4.78 is 4.98. The molecule has 0 unspecified atom stereocenters. The topological polar surface area (TPSA) is 84.5 Å². The number of carbonyl (C=O) groups excluding carboxylic acids is 3. The fraction of sp³-hybridized carbons (Fsp3) is 0.150. The summed E-state index contributed by atoms with van der Waals surface area (Å²) in [4.78, 5) is 34.7. The van der Waals surface area contributed by atoms with Crippen LogP contribution in [-0.2, 0) is 16.1 Å². The molecule has 0 aliphatic carbocycles. The highest BCUT2D eigenvalue weighted by atomic mass is 16.5. The van der Waals surface area contributed by atoms with Crippen molar-refractivity contribution in [2.45, 2.75) is 20.4 Å². The lowest BCUT2D eigenvalue weighted by Crippen LogP contribution is -2.20. The van der Waals surface area contributed by atoms with Crippen LogP contribution in [0, 0.1) is 0 Å². The van der Waals surface area contributed by atoms with E-state index < -0.39 is 5.97 Å². The Bertz CT molecular complexity index is 826. The van der Waals surface area contributed by atoms with E-state index in [1.165, 1.54) is 19.1 Å². The van der Waals surface area contributed by atoms with Gasteiger partial charge in [-0.15, -0.1) is 0 Å². The first-order chi connectivity index (χ1) is 12.5. The van der Waals surface area contributed by atoms with E-state index in [9.17, 15) is 14.4 Å². The van der Waals surface area contributed by atoms with Crippen LogP contribution >= 0.6 is 0 Å². The Morgan fingerprint density at radius 2 is 1.81 bits per heavy atom.